The van der Waals surface area contributed by atoms with Crippen molar-refractivity contribution in [1.82, 2.24) is 20.2 Å². The van der Waals surface area contributed by atoms with Gasteiger partial charge in [0.15, 0.2) is 0 Å². The summed E-state index contributed by atoms with van der Waals surface area (Å²) in [6, 6.07) is 5.36. The van der Waals surface area contributed by atoms with Crippen LogP contribution in [0, 0.1) is 11.7 Å². The average Bonchev–Trinajstić information content (AvgIpc) is 3.74. The summed E-state index contributed by atoms with van der Waals surface area (Å²) >= 11 is 0. The van der Waals surface area contributed by atoms with Crippen molar-refractivity contribution in [2.75, 3.05) is 7.05 Å². The second-order valence-electron chi connectivity index (χ2n) is 7.93. The number of carbonyl (C=O) groups is 1. The predicted molar refractivity (Wildman–Crippen MR) is 148 cm³/mol. The molecule has 3 rings (SSSR count). The van der Waals surface area contributed by atoms with Crippen molar-refractivity contribution >= 4 is 18.5 Å². The topological polar surface area (TPSA) is 82.8 Å². The van der Waals surface area contributed by atoms with Gasteiger partial charge in [-0.3, -0.25) is 14.8 Å². The summed E-state index contributed by atoms with van der Waals surface area (Å²) < 4.78 is 14.0. The zero-order chi connectivity index (χ0) is 26.9. The van der Waals surface area contributed by atoms with Crippen LogP contribution in [0.5, 0.6) is 0 Å². The Labute approximate surface area is 215 Å². The van der Waals surface area contributed by atoms with Crippen molar-refractivity contribution in [1.29, 1.82) is 0 Å². The first-order chi connectivity index (χ1) is 17.4. The summed E-state index contributed by atoms with van der Waals surface area (Å²) in [5.41, 5.74) is 1.92. The monoisotopic (exact) mass is 494 g/mol. The summed E-state index contributed by atoms with van der Waals surface area (Å²) in [4.78, 5) is 22.7. The number of rotatable bonds is 9. The lowest BCUT2D eigenvalue weighted by Crippen LogP contribution is -2.18. The first-order valence-electron chi connectivity index (χ1n) is 12.3. The van der Waals surface area contributed by atoms with E-state index in [1.165, 1.54) is 25.1 Å². The van der Waals surface area contributed by atoms with Crippen LogP contribution >= 0.6 is 0 Å². The number of nitrogens with zero attached hydrogens (tertiary/aromatic N) is 5. The van der Waals surface area contributed by atoms with E-state index in [4.69, 9.17) is 0 Å². The molecule has 1 saturated carbocycles. The number of allylic oxidation sites excluding steroid dienone is 2. The van der Waals surface area contributed by atoms with Crippen molar-refractivity contribution < 1.29 is 9.18 Å². The van der Waals surface area contributed by atoms with Gasteiger partial charge in [0.2, 0.25) is 0 Å². The van der Waals surface area contributed by atoms with Gasteiger partial charge in [-0.2, -0.15) is 5.10 Å². The van der Waals surface area contributed by atoms with Gasteiger partial charge in [0.1, 0.15) is 17.8 Å². The van der Waals surface area contributed by atoms with Crippen molar-refractivity contribution in [2.24, 2.45) is 16.1 Å². The Balaban J connectivity index is 0.00000120. The van der Waals surface area contributed by atoms with Crippen LogP contribution in [0.1, 0.15) is 63.6 Å². The Kier molecular flexibility index (Phi) is 14.2. The second-order valence-corrected chi connectivity index (χ2v) is 7.93. The molecule has 1 N–H and O–H groups in total. The number of hydrogen-bond donors (Lipinski definition) is 1. The Bertz CT molecular complexity index is 1050. The third kappa shape index (κ3) is 10.7. The fraction of sp³-hybridized carbons (Fsp3) is 0.393. The smallest absolute Gasteiger partial charge is 0.273 e. The molecule has 36 heavy (non-hydrogen) atoms. The molecule has 1 aliphatic rings. The molecular formula is C28H39FN6O. The number of pyridine rings is 2. The van der Waals surface area contributed by atoms with Crippen LogP contribution in [-0.2, 0) is 6.42 Å². The molecule has 2 aromatic heterocycles. The van der Waals surface area contributed by atoms with Crippen LogP contribution in [0.3, 0.4) is 0 Å². The van der Waals surface area contributed by atoms with E-state index in [2.05, 4.69) is 37.0 Å². The van der Waals surface area contributed by atoms with Crippen LogP contribution in [0.2, 0.25) is 0 Å². The first kappa shape index (κ1) is 30.4. The van der Waals surface area contributed by atoms with Gasteiger partial charge in [0.05, 0.1) is 5.69 Å². The van der Waals surface area contributed by atoms with Gasteiger partial charge < -0.3 is 10.2 Å². The number of amides is 1. The summed E-state index contributed by atoms with van der Waals surface area (Å²) in [6.07, 6.45) is 14.6. The van der Waals surface area contributed by atoms with Gasteiger partial charge in [-0.15, -0.1) is 11.7 Å². The van der Waals surface area contributed by atoms with Crippen molar-refractivity contribution in [3.05, 3.63) is 72.7 Å². The Hall–Kier alpha value is -3.68. The molecule has 194 valence electrons. The van der Waals surface area contributed by atoms with Crippen LogP contribution in [0.4, 0.5) is 4.39 Å². The molecule has 0 saturated heterocycles. The summed E-state index contributed by atoms with van der Waals surface area (Å²) in [5.74, 6) is -0.719. The van der Waals surface area contributed by atoms with Crippen molar-refractivity contribution in [3.8, 4) is 11.1 Å². The lowest BCUT2D eigenvalue weighted by molar-refractivity contribution is 0.0965. The van der Waals surface area contributed by atoms with Gasteiger partial charge >= 0.3 is 0 Å². The van der Waals surface area contributed by atoms with Crippen molar-refractivity contribution in [3.63, 3.8) is 0 Å². The highest BCUT2D eigenvalue weighted by Crippen LogP contribution is 2.24. The van der Waals surface area contributed by atoms with E-state index >= 15 is 0 Å². The molecule has 7 nitrogen and oxygen atoms in total. The third-order valence-electron chi connectivity index (χ3n) is 4.92. The van der Waals surface area contributed by atoms with Crippen LogP contribution < -0.4 is 5.32 Å². The molecule has 2 heterocycles. The Morgan fingerprint density at radius 3 is 2.58 bits per heavy atom. The van der Waals surface area contributed by atoms with E-state index < -0.39 is 0 Å². The lowest BCUT2D eigenvalue weighted by atomic mass is 10.1. The van der Waals surface area contributed by atoms with Crippen LogP contribution in [0.15, 0.2) is 65.7 Å². The summed E-state index contributed by atoms with van der Waals surface area (Å²) in [6.45, 7) is 13.0. The maximum atomic E-state index is 14.0. The molecule has 1 unspecified atom stereocenters. The molecule has 0 spiro atoms. The van der Waals surface area contributed by atoms with Gasteiger partial charge in [-0.25, -0.2) is 4.39 Å². The molecular weight excluding hydrogens is 455 g/mol. The van der Waals surface area contributed by atoms with Crippen molar-refractivity contribution in [2.45, 2.75) is 59.9 Å². The van der Waals surface area contributed by atoms with E-state index in [0.29, 0.717) is 29.3 Å². The minimum Gasteiger partial charge on any atom is -0.361 e. The van der Waals surface area contributed by atoms with Gasteiger partial charge in [-0.1, -0.05) is 39.8 Å². The van der Waals surface area contributed by atoms with E-state index in [0.717, 1.165) is 0 Å². The van der Waals surface area contributed by atoms with E-state index in [-0.39, 0.29) is 23.3 Å². The minimum absolute atomic E-state index is 0.00546. The number of nitrogens with one attached hydrogen (secondary N) is 1. The highest BCUT2D eigenvalue weighted by Gasteiger charge is 2.24. The average molecular weight is 495 g/mol. The SMILES string of the molecule is C=CC.CC.CCc1ncc(-c2ccnc(C(=O)N/C=C/C(C)/C=N/N=C\N(C)C3CC3)c2)cc1F. The quantitative estimate of drug-likeness (QED) is 0.199. The molecule has 1 atom stereocenters. The Morgan fingerprint density at radius 1 is 1.28 bits per heavy atom. The largest absolute Gasteiger partial charge is 0.361 e. The summed E-state index contributed by atoms with van der Waals surface area (Å²) in [5, 5.41) is 10.7. The zero-order valence-electron chi connectivity index (χ0n) is 22.3. The van der Waals surface area contributed by atoms with Crippen LogP contribution in [-0.4, -0.2) is 46.4 Å². The summed E-state index contributed by atoms with van der Waals surface area (Å²) in [7, 11) is 1.99. The molecule has 2 aromatic rings. The molecule has 0 radical (unpaired) electrons. The highest BCUT2D eigenvalue weighted by atomic mass is 19.1. The van der Waals surface area contributed by atoms with Gasteiger partial charge in [0.25, 0.3) is 5.91 Å². The number of carbonyl (C=O) groups excluding carboxylic acids is 1. The normalized spacial score (nSPS) is 13.5. The Morgan fingerprint density at radius 2 is 1.97 bits per heavy atom. The number of aromatic nitrogens is 2. The molecule has 0 aromatic carbocycles. The fourth-order valence-electron chi connectivity index (χ4n) is 2.85. The van der Waals surface area contributed by atoms with Gasteiger partial charge in [0, 0.05) is 49.4 Å². The molecule has 1 aliphatic carbocycles. The molecule has 0 aliphatic heterocycles. The standard InChI is InChI=1S/C23H27FN6O.C3H6.C2H6/c1-4-21-20(24)11-18(14-27-21)17-8-10-25-22(12-17)23(31)26-9-7-16(2)13-28-29-15-30(3)19-5-6-19;1-3-2;1-2/h7-16,19H,4-6H2,1-3H3,(H,26,31);3H,1H2,2H3;1-2H3/b9-7+,28-13+,29-15-;;. The molecule has 1 fully saturated rings. The third-order valence-corrected chi connectivity index (χ3v) is 4.92. The first-order valence-corrected chi connectivity index (χ1v) is 12.3. The van der Waals surface area contributed by atoms with Gasteiger partial charge in [-0.05, 0) is 49.9 Å². The maximum absolute atomic E-state index is 14.0. The minimum atomic E-state index is -0.357. The molecule has 0 bridgehead atoms. The zero-order valence-corrected chi connectivity index (χ0v) is 22.3. The van der Waals surface area contributed by atoms with E-state index in [1.807, 2.05) is 41.7 Å². The fourth-order valence-corrected chi connectivity index (χ4v) is 2.85. The second kappa shape index (κ2) is 16.9. The lowest BCUT2D eigenvalue weighted by Gasteiger charge is -2.08. The number of aryl methyl sites for hydroxylation is 1. The van der Waals surface area contributed by atoms with E-state index in [1.54, 1.807) is 49.2 Å². The number of halogens is 1. The molecule has 8 heteroatoms. The molecule has 1 amide bonds. The number of hydrogen-bond acceptors (Lipinski definition) is 5. The van der Waals surface area contributed by atoms with Crippen LogP contribution in [0.25, 0.3) is 11.1 Å². The van der Waals surface area contributed by atoms with E-state index in [9.17, 15) is 9.18 Å². The maximum Gasteiger partial charge on any atom is 0.273 e. The highest BCUT2D eigenvalue weighted by molar-refractivity contribution is 5.94. The predicted octanol–water partition coefficient (Wildman–Crippen LogP) is 6.05.